The Hall–Kier alpha value is -3.03. The fourth-order valence-corrected chi connectivity index (χ4v) is 3.41. The summed E-state index contributed by atoms with van der Waals surface area (Å²) in [5.74, 6) is -0.773. The molecule has 0 bridgehead atoms. The van der Waals surface area contributed by atoms with E-state index in [9.17, 15) is 19.2 Å². The van der Waals surface area contributed by atoms with Gasteiger partial charge in [-0.15, -0.1) is 0 Å². The molecular weight excluding hydrogens is 348 g/mol. The first kappa shape index (κ1) is 18.8. The summed E-state index contributed by atoms with van der Waals surface area (Å²) in [5.41, 5.74) is 2.99. The molecule has 1 fully saturated rings. The second kappa shape index (κ2) is 7.69. The van der Waals surface area contributed by atoms with E-state index in [1.54, 1.807) is 12.2 Å². The first-order valence-electron chi connectivity index (χ1n) is 9.00. The number of carbonyl (C=O) groups is 4. The Morgan fingerprint density at radius 3 is 2.78 bits per heavy atom. The molecule has 3 aliphatic rings. The number of allylic oxidation sites excluding steroid dienone is 3. The third-order valence-electron chi connectivity index (χ3n) is 4.92. The predicted molar refractivity (Wildman–Crippen MR) is 98.6 cm³/mol. The quantitative estimate of drug-likeness (QED) is 0.775. The first-order chi connectivity index (χ1) is 12.9. The van der Waals surface area contributed by atoms with E-state index in [1.165, 1.54) is 4.90 Å². The summed E-state index contributed by atoms with van der Waals surface area (Å²) in [6.07, 6.45) is 6.38. The van der Waals surface area contributed by atoms with Crippen LogP contribution in [0.4, 0.5) is 4.79 Å². The van der Waals surface area contributed by atoms with Crippen LogP contribution < -0.4 is 10.6 Å². The summed E-state index contributed by atoms with van der Waals surface area (Å²) in [6, 6.07) is -0.479. The van der Waals surface area contributed by atoms with Gasteiger partial charge in [-0.3, -0.25) is 19.7 Å². The molecule has 27 heavy (non-hydrogen) atoms. The van der Waals surface area contributed by atoms with Crippen molar-refractivity contribution in [2.75, 3.05) is 13.1 Å². The summed E-state index contributed by atoms with van der Waals surface area (Å²) in [6.45, 7) is 4.40. The molecule has 3 rings (SSSR count). The zero-order valence-corrected chi connectivity index (χ0v) is 15.4. The molecule has 2 heterocycles. The maximum absolute atomic E-state index is 12.1. The van der Waals surface area contributed by atoms with Gasteiger partial charge in [-0.25, -0.2) is 9.79 Å². The summed E-state index contributed by atoms with van der Waals surface area (Å²) in [7, 11) is 0. The highest BCUT2D eigenvalue weighted by Crippen LogP contribution is 2.31. The monoisotopic (exact) mass is 370 g/mol. The lowest BCUT2D eigenvalue weighted by Crippen LogP contribution is -2.49. The lowest BCUT2D eigenvalue weighted by Gasteiger charge is -2.29. The van der Waals surface area contributed by atoms with Crippen molar-refractivity contribution in [3.63, 3.8) is 0 Å². The highest BCUT2D eigenvalue weighted by atomic mass is 16.2. The number of hydrogen-bond acceptors (Lipinski definition) is 4. The molecule has 0 aromatic heterocycles. The molecule has 142 valence electrons. The van der Waals surface area contributed by atoms with Crippen LogP contribution in [0, 0.1) is 5.92 Å². The molecule has 0 aromatic rings. The SMILES string of the molecule is CCC1=C(C)C2C=CC(=NC(=O)CCN3CCC(=O)NC3=O)C=C2NC1=O. The molecule has 0 spiro atoms. The molecule has 1 atom stereocenters. The molecule has 1 aliphatic carbocycles. The van der Waals surface area contributed by atoms with E-state index in [-0.39, 0.29) is 43.0 Å². The molecule has 1 saturated heterocycles. The van der Waals surface area contributed by atoms with E-state index in [1.807, 2.05) is 19.9 Å². The van der Waals surface area contributed by atoms with Crippen LogP contribution in [0.3, 0.4) is 0 Å². The van der Waals surface area contributed by atoms with E-state index < -0.39 is 6.03 Å². The Balaban J connectivity index is 1.64. The Morgan fingerprint density at radius 2 is 2.07 bits per heavy atom. The van der Waals surface area contributed by atoms with Crippen LogP contribution in [0.1, 0.15) is 33.1 Å². The van der Waals surface area contributed by atoms with Crippen molar-refractivity contribution >= 4 is 29.5 Å². The minimum atomic E-state index is -0.479. The summed E-state index contributed by atoms with van der Waals surface area (Å²) in [4.78, 5) is 52.6. The molecule has 0 aromatic carbocycles. The fraction of sp³-hybridized carbons (Fsp3) is 0.421. The second-order valence-corrected chi connectivity index (χ2v) is 6.68. The van der Waals surface area contributed by atoms with Crippen LogP contribution in [-0.2, 0) is 14.4 Å². The van der Waals surface area contributed by atoms with Crippen molar-refractivity contribution in [2.24, 2.45) is 10.9 Å². The molecule has 0 saturated carbocycles. The number of carbonyl (C=O) groups excluding carboxylic acids is 4. The second-order valence-electron chi connectivity index (χ2n) is 6.68. The number of nitrogens with zero attached hydrogens (tertiary/aromatic N) is 2. The van der Waals surface area contributed by atoms with Crippen molar-refractivity contribution in [1.82, 2.24) is 15.5 Å². The molecule has 8 nitrogen and oxygen atoms in total. The van der Waals surface area contributed by atoms with Crippen LogP contribution in [-0.4, -0.2) is 47.5 Å². The van der Waals surface area contributed by atoms with Gasteiger partial charge < -0.3 is 10.2 Å². The number of urea groups is 1. The minimum Gasteiger partial charge on any atom is -0.325 e. The molecule has 5 amide bonds. The normalized spacial score (nSPS) is 23.9. The standard InChI is InChI=1S/C19H22N4O4/c1-3-13-11(2)14-5-4-12(10-15(14)21-18(13)26)20-16(24)6-8-23-9-7-17(25)22-19(23)27/h4-5,10,14H,3,6-9H2,1-2H3,(H,21,26)(H,22,25,27). The van der Waals surface area contributed by atoms with Gasteiger partial charge in [0.05, 0.1) is 5.71 Å². The van der Waals surface area contributed by atoms with E-state index >= 15 is 0 Å². The molecular formula is C19H22N4O4. The minimum absolute atomic E-state index is 0.00119. The van der Waals surface area contributed by atoms with Crippen LogP contribution in [0.2, 0.25) is 0 Å². The number of hydrogen-bond donors (Lipinski definition) is 2. The van der Waals surface area contributed by atoms with Gasteiger partial charge in [0.15, 0.2) is 0 Å². The van der Waals surface area contributed by atoms with E-state index in [2.05, 4.69) is 15.6 Å². The topological polar surface area (TPSA) is 108 Å². The molecule has 2 N–H and O–H groups in total. The molecule has 8 heteroatoms. The van der Waals surface area contributed by atoms with Crippen molar-refractivity contribution in [3.05, 3.63) is 35.1 Å². The van der Waals surface area contributed by atoms with Crippen molar-refractivity contribution in [3.8, 4) is 0 Å². The van der Waals surface area contributed by atoms with Crippen molar-refractivity contribution in [2.45, 2.75) is 33.1 Å². The number of imide groups is 1. The molecule has 0 radical (unpaired) electrons. The van der Waals surface area contributed by atoms with Gasteiger partial charge in [0.25, 0.3) is 5.91 Å². The van der Waals surface area contributed by atoms with E-state index in [4.69, 9.17) is 0 Å². The zero-order valence-electron chi connectivity index (χ0n) is 15.4. The summed E-state index contributed by atoms with van der Waals surface area (Å²) >= 11 is 0. The van der Waals surface area contributed by atoms with Gasteiger partial charge in [0.1, 0.15) is 0 Å². The van der Waals surface area contributed by atoms with Crippen LogP contribution in [0.5, 0.6) is 0 Å². The summed E-state index contributed by atoms with van der Waals surface area (Å²) in [5, 5.41) is 5.09. The van der Waals surface area contributed by atoms with Crippen molar-refractivity contribution in [1.29, 1.82) is 0 Å². The number of fused-ring (bicyclic) bond motifs is 1. The van der Waals surface area contributed by atoms with Gasteiger partial charge in [-0.05, 0) is 25.5 Å². The van der Waals surface area contributed by atoms with E-state index in [0.717, 1.165) is 16.8 Å². The average molecular weight is 370 g/mol. The molecule has 2 aliphatic heterocycles. The Labute approximate surface area is 157 Å². The van der Waals surface area contributed by atoms with Crippen LogP contribution in [0.25, 0.3) is 0 Å². The lowest BCUT2D eigenvalue weighted by atomic mass is 9.84. The van der Waals surface area contributed by atoms with Gasteiger partial charge >= 0.3 is 6.03 Å². The number of aliphatic imine (C=N–C) groups is 1. The van der Waals surface area contributed by atoms with Crippen molar-refractivity contribution < 1.29 is 19.2 Å². The van der Waals surface area contributed by atoms with Crippen LogP contribution in [0.15, 0.2) is 40.1 Å². The third-order valence-corrected chi connectivity index (χ3v) is 4.92. The van der Waals surface area contributed by atoms with Gasteiger partial charge in [0, 0.05) is 43.1 Å². The number of amides is 5. The van der Waals surface area contributed by atoms with Crippen LogP contribution >= 0.6 is 0 Å². The smallest absolute Gasteiger partial charge is 0.324 e. The van der Waals surface area contributed by atoms with Gasteiger partial charge in [-0.1, -0.05) is 18.6 Å². The molecule has 1 unspecified atom stereocenters. The highest BCUT2D eigenvalue weighted by molar-refractivity contribution is 6.11. The maximum Gasteiger partial charge on any atom is 0.324 e. The highest BCUT2D eigenvalue weighted by Gasteiger charge is 2.29. The fourth-order valence-electron chi connectivity index (χ4n) is 3.41. The Kier molecular flexibility index (Phi) is 5.34. The predicted octanol–water partition coefficient (Wildman–Crippen LogP) is 1.21. The number of rotatable bonds is 4. The maximum atomic E-state index is 12.1. The van der Waals surface area contributed by atoms with Gasteiger partial charge in [0.2, 0.25) is 11.8 Å². The third kappa shape index (κ3) is 4.05. The van der Waals surface area contributed by atoms with Gasteiger partial charge in [-0.2, -0.15) is 0 Å². The average Bonchev–Trinajstić information content (AvgIpc) is 2.61. The largest absolute Gasteiger partial charge is 0.325 e. The lowest BCUT2D eigenvalue weighted by molar-refractivity contribution is -0.121. The zero-order chi connectivity index (χ0) is 19.6. The van der Waals surface area contributed by atoms with E-state index in [0.29, 0.717) is 18.7 Å². The first-order valence-corrected chi connectivity index (χ1v) is 9.00. The Bertz CT molecular complexity index is 835. The Morgan fingerprint density at radius 1 is 1.30 bits per heavy atom. The summed E-state index contributed by atoms with van der Waals surface area (Å²) < 4.78 is 0. The number of nitrogens with one attached hydrogen (secondary N) is 2.